The fourth-order valence-corrected chi connectivity index (χ4v) is 3.28. The molecule has 1 aromatic heterocycles. The lowest BCUT2D eigenvalue weighted by molar-refractivity contribution is 0.0995. The van der Waals surface area contributed by atoms with Crippen LogP contribution in [0.5, 0.6) is 11.5 Å². The number of carbonyl (C=O) groups is 1. The zero-order valence-electron chi connectivity index (χ0n) is 13.0. The molecule has 1 aromatic carbocycles. The highest BCUT2D eigenvalue weighted by atomic mass is 35.5. The van der Waals surface area contributed by atoms with Gasteiger partial charge in [-0.15, -0.1) is 0 Å². The number of nitrogens with two attached hydrogens (primary N) is 1. The van der Waals surface area contributed by atoms with Gasteiger partial charge in [0.1, 0.15) is 11.5 Å². The Morgan fingerprint density at radius 3 is 2.83 bits per heavy atom. The Morgan fingerprint density at radius 1 is 1.25 bits per heavy atom. The summed E-state index contributed by atoms with van der Waals surface area (Å²) >= 11 is 6.36. The second kappa shape index (κ2) is 5.99. The number of fused-ring (bicyclic) bond motifs is 2. The van der Waals surface area contributed by atoms with E-state index in [4.69, 9.17) is 26.8 Å². The molecule has 4 rings (SSSR count). The maximum atomic E-state index is 11.2. The molecule has 0 fully saturated rings. The molecule has 0 saturated heterocycles. The van der Waals surface area contributed by atoms with Crippen molar-refractivity contribution in [3.63, 3.8) is 0 Å². The Balaban J connectivity index is 1.47. The number of hydrogen-bond acceptors (Lipinski definition) is 5. The van der Waals surface area contributed by atoms with E-state index in [2.05, 4.69) is 9.88 Å². The molecule has 0 unspecified atom stereocenters. The summed E-state index contributed by atoms with van der Waals surface area (Å²) in [4.78, 5) is 17.9. The maximum absolute atomic E-state index is 11.2. The van der Waals surface area contributed by atoms with Crippen molar-refractivity contribution in [1.82, 2.24) is 14.5 Å². The number of hydrogen-bond donors (Lipinski definition) is 1. The Kier molecular flexibility index (Phi) is 3.82. The van der Waals surface area contributed by atoms with Crippen LogP contribution in [0, 0.1) is 0 Å². The minimum Gasteiger partial charge on any atom is -0.454 e. The van der Waals surface area contributed by atoms with Crippen LogP contribution in [0.1, 0.15) is 21.9 Å². The second-order valence-electron chi connectivity index (χ2n) is 5.92. The molecular weight excluding hydrogens is 332 g/mol. The van der Waals surface area contributed by atoms with Crippen LogP contribution < -0.4 is 15.2 Å². The molecule has 0 bridgehead atoms. The number of benzene rings is 1. The predicted octanol–water partition coefficient (Wildman–Crippen LogP) is 1.42. The molecule has 3 heterocycles. The first-order chi connectivity index (χ1) is 11.6. The third-order valence-electron chi connectivity index (χ3n) is 4.36. The third kappa shape index (κ3) is 2.81. The van der Waals surface area contributed by atoms with E-state index in [1.54, 1.807) is 12.3 Å². The van der Waals surface area contributed by atoms with Gasteiger partial charge in [0, 0.05) is 49.9 Å². The van der Waals surface area contributed by atoms with E-state index >= 15 is 0 Å². The number of aromatic nitrogens is 2. The molecule has 2 aliphatic heterocycles. The van der Waals surface area contributed by atoms with Gasteiger partial charge in [-0.3, -0.25) is 9.69 Å². The number of ether oxygens (including phenoxy) is 2. The monoisotopic (exact) mass is 348 g/mol. The molecule has 126 valence electrons. The zero-order valence-corrected chi connectivity index (χ0v) is 13.8. The first-order valence-electron chi connectivity index (χ1n) is 7.76. The van der Waals surface area contributed by atoms with Gasteiger partial charge in [-0.1, -0.05) is 11.6 Å². The van der Waals surface area contributed by atoms with E-state index in [-0.39, 0.29) is 6.79 Å². The highest BCUT2D eigenvalue weighted by Gasteiger charge is 2.21. The van der Waals surface area contributed by atoms with Crippen molar-refractivity contribution in [2.75, 3.05) is 19.9 Å². The fraction of sp³-hybridized carbons (Fsp3) is 0.375. The molecule has 1 amide bonds. The number of nitrogens with zero attached hydrogens (tertiary/aromatic N) is 3. The number of halogens is 1. The first kappa shape index (κ1) is 15.3. The van der Waals surface area contributed by atoms with E-state index in [1.165, 1.54) is 0 Å². The molecule has 2 aromatic rings. The molecule has 0 atom stereocenters. The van der Waals surface area contributed by atoms with Gasteiger partial charge in [0.15, 0.2) is 11.5 Å². The van der Waals surface area contributed by atoms with E-state index in [1.807, 2.05) is 10.6 Å². The molecular formula is C16H17ClN4O3. The van der Waals surface area contributed by atoms with Crippen molar-refractivity contribution >= 4 is 17.5 Å². The van der Waals surface area contributed by atoms with Gasteiger partial charge in [0.2, 0.25) is 6.79 Å². The quantitative estimate of drug-likeness (QED) is 0.907. The molecule has 2 aliphatic rings. The largest absolute Gasteiger partial charge is 0.454 e. The van der Waals surface area contributed by atoms with Crippen LogP contribution in [-0.2, 0) is 19.5 Å². The highest BCUT2D eigenvalue weighted by molar-refractivity contribution is 6.31. The van der Waals surface area contributed by atoms with Crippen molar-refractivity contribution in [2.24, 2.45) is 5.73 Å². The summed E-state index contributed by atoms with van der Waals surface area (Å²) in [7, 11) is 0. The van der Waals surface area contributed by atoms with Crippen LogP contribution in [0.25, 0.3) is 0 Å². The molecule has 8 heteroatoms. The lowest BCUT2D eigenvalue weighted by atomic mass is 10.2. The number of imidazole rings is 1. The minimum atomic E-state index is -0.487. The van der Waals surface area contributed by atoms with Gasteiger partial charge in [0.05, 0.1) is 0 Å². The van der Waals surface area contributed by atoms with Crippen LogP contribution in [0.3, 0.4) is 0 Å². The SMILES string of the molecule is NC(=O)c1cn2c(n1)CCN(Cc1cc3c(cc1Cl)OCO3)CC2. The summed E-state index contributed by atoms with van der Waals surface area (Å²) < 4.78 is 12.8. The summed E-state index contributed by atoms with van der Waals surface area (Å²) in [6.07, 6.45) is 2.49. The molecule has 24 heavy (non-hydrogen) atoms. The average Bonchev–Trinajstić information content (AvgIpc) is 3.12. The lowest BCUT2D eigenvalue weighted by Gasteiger charge is -2.20. The Hall–Kier alpha value is -2.25. The first-order valence-corrected chi connectivity index (χ1v) is 8.14. The number of amides is 1. The second-order valence-corrected chi connectivity index (χ2v) is 6.33. The minimum absolute atomic E-state index is 0.238. The Bertz CT molecular complexity index is 779. The molecule has 7 nitrogen and oxygen atoms in total. The maximum Gasteiger partial charge on any atom is 0.268 e. The summed E-state index contributed by atoms with van der Waals surface area (Å²) in [6.45, 7) is 3.40. The summed E-state index contributed by atoms with van der Waals surface area (Å²) in [5.41, 5.74) is 6.64. The van der Waals surface area contributed by atoms with Gasteiger partial charge < -0.3 is 19.8 Å². The summed E-state index contributed by atoms with van der Waals surface area (Å²) in [5, 5.41) is 0.678. The third-order valence-corrected chi connectivity index (χ3v) is 4.71. The summed E-state index contributed by atoms with van der Waals surface area (Å²) in [6, 6.07) is 3.75. The van der Waals surface area contributed by atoms with Gasteiger partial charge >= 0.3 is 0 Å². The standard InChI is InChI=1S/C16H17ClN4O3/c17-11-6-14-13(23-9-24-14)5-10(11)7-20-2-1-15-19-12(16(18)22)8-21(15)4-3-20/h5-6,8H,1-4,7,9H2,(H2,18,22). The van der Waals surface area contributed by atoms with Gasteiger partial charge in [-0.05, 0) is 11.6 Å². The van der Waals surface area contributed by atoms with E-state index in [0.717, 1.165) is 49.7 Å². The van der Waals surface area contributed by atoms with Crippen molar-refractivity contribution in [2.45, 2.75) is 19.5 Å². The van der Waals surface area contributed by atoms with Crippen molar-refractivity contribution in [3.8, 4) is 11.5 Å². The van der Waals surface area contributed by atoms with Gasteiger partial charge in [-0.2, -0.15) is 0 Å². The predicted molar refractivity (Wildman–Crippen MR) is 87.3 cm³/mol. The topological polar surface area (TPSA) is 82.6 Å². The number of carbonyl (C=O) groups excluding carboxylic acids is 1. The van der Waals surface area contributed by atoms with Gasteiger partial charge in [0.25, 0.3) is 5.91 Å². The average molecular weight is 349 g/mol. The van der Waals surface area contributed by atoms with Crippen LogP contribution in [0.15, 0.2) is 18.3 Å². The van der Waals surface area contributed by atoms with E-state index in [0.29, 0.717) is 16.5 Å². The van der Waals surface area contributed by atoms with Gasteiger partial charge in [-0.25, -0.2) is 4.98 Å². The summed E-state index contributed by atoms with van der Waals surface area (Å²) in [5.74, 6) is 1.84. The molecule has 0 aliphatic carbocycles. The van der Waals surface area contributed by atoms with Crippen molar-refractivity contribution in [1.29, 1.82) is 0 Å². The van der Waals surface area contributed by atoms with Crippen LogP contribution >= 0.6 is 11.6 Å². The van der Waals surface area contributed by atoms with E-state index < -0.39 is 5.91 Å². The molecule has 0 radical (unpaired) electrons. The number of rotatable bonds is 3. The molecule has 2 N–H and O–H groups in total. The normalized spacial score (nSPS) is 16.7. The zero-order chi connectivity index (χ0) is 16.7. The highest BCUT2D eigenvalue weighted by Crippen LogP contribution is 2.37. The Labute approximate surface area is 143 Å². The van der Waals surface area contributed by atoms with Crippen molar-refractivity contribution < 1.29 is 14.3 Å². The smallest absolute Gasteiger partial charge is 0.268 e. The number of primary amides is 1. The van der Waals surface area contributed by atoms with E-state index in [9.17, 15) is 4.79 Å². The van der Waals surface area contributed by atoms with Crippen LogP contribution in [-0.4, -0.2) is 40.2 Å². The Morgan fingerprint density at radius 2 is 2.04 bits per heavy atom. The fourth-order valence-electron chi connectivity index (χ4n) is 3.06. The van der Waals surface area contributed by atoms with Crippen LogP contribution in [0.4, 0.5) is 0 Å². The van der Waals surface area contributed by atoms with Crippen LogP contribution in [0.2, 0.25) is 5.02 Å². The molecule has 0 spiro atoms. The molecule has 0 saturated carbocycles. The lowest BCUT2D eigenvalue weighted by Crippen LogP contribution is -2.26. The van der Waals surface area contributed by atoms with Crippen molar-refractivity contribution in [3.05, 3.63) is 40.4 Å².